The lowest BCUT2D eigenvalue weighted by atomic mass is 10.1. The highest BCUT2D eigenvalue weighted by molar-refractivity contribution is 5.60. The molecule has 4 heteroatoms. The lowest BCUT2D eigenvalue weighted by Crippen LogP contribution is -2.30. The van der Waals surface area contributed by atoms with Gasteiger partial charge in [-0.1, -0.05) is 17.7 Å². The van der Waals surface area contributed by atoms with Crippen LogP contribution >= 0.6 is 0 Å². The Labute approximate surface area is 126 Å². The summed E-state index contributed by atoms with van der Waals surface area (Å²) in [5, 5.41) is 3.37. The Balaban J connectivity index is 1.81. The molecule has 110 valence electrons. The van der Waals surface area contributed by atoms with E-state index in [0.717, 1.165) is 36.2 Å². The average molecular weight is 282 g/mol. The quantitative estimate of drug-likeness (QED) is 0.929. The van der Waals surface area contributed by atoms with Gasteiger partial charge in [0.15, 0.2) is 0 Å². The number of nitrogens with zero attached hydrogens (tertiary/aromatic N) is 3. The summed E-state index contributed by atoms with van der Waals surface area (Å²) in [7, 11) is 0. The van der Waals surface area contributed by atoms with Crippen LogP contribution in [-0.2, 0) is 0 Å². The smallest absolute Gasteiger partial charge is 0.136 e. The molecule has 3 rings (SSSR count). The Morgan fingerprint density at radius 3 is 2.38 bits per heavy atom. The average Bonchev–Trinajstić information content (AvgIpc) is 2.50. The van der Waals surface area contributed by atoms with Crippen LogP contribution in [0.25, 0.3) is 0 Å². The standard InChI is InChI=1S/C17H22N4/c1-13-6-8-15(9-7-13)20-16-12-17(19-14(2)18-16)21-10-4-3-5-11-21/h6-9,12H,3-5,10-11H2,1-2H3,(H,18,19,20). The molecule has 21 heavy (non-hydrogen) atoms. The van der Waals surface area contributed by atoms with Crippen molar-refractivity contribution >= 4 is 17.3 Å². The predicted molar refractivity (Wildman–Crippen MR) is 87.3 cm³/mol. The number of aryl methyl sites for hydroxylation is 2. The van der Waals surface area contributed by atoms with Crippen LogP contribution in [0.3, 0.4) is 0 Å². The molecule has 0 saturated carbocycles. The molecule has 1 aromatic heterocycles. The highest BCUT2D eigenvalue weighted by atomic mass is 15.2. The van der Waals surface area contributed by atoms with E-state index in [1.165, 1.54) is 24.8 Å². The molecule has 2 heterocycles. The molecule has 0 bridgehead atoms. The van der Waals surface area contributed by atoms with Crippen molar-refractivity contribution in [1.82, 2.24) is 9.97 Å². The first-order valence-electron chi connectivity index (χ1n) is 7.65. The molecule has 4 nitrogen and oxygen atoms in total. The van der Waals surface area contributed by atoms with E-state index in [2.05, 4.69) is 57.4 Å². The van der Waals surface area contributed by atoms with E-state index in [4.69, 9.17) is 0 Å². The summed E-state index contributed by atoms with van der Waals surface area (Å²) in [5.41, 5.74) is 2.32. The maximum Gasteiger partial charge on any atom is 0.136 e. The number of rotatable bonds is 3. The highest BCUT2D eigenvalue weighted by Crippen LogP contribution is 2.22. The molecular weight excluding hydrogens is 260 g/mol. The second-order valence-corrected chi connectivity index (χ2v) is 5.70. The lowest BCUT2D eigenvalue weighted by Gasteiger charge is -2.28. The van der Waals surface area contributed by atoms with Gasteiger partial charge in [-0.2, -0.15) is 0 Å². The Morgan fingerprint density at radius 2 is 1.67 bits per heavy atom. The maximum atomic E-state index is 4.59. The van der Waals surface area contributed by atoms with Crippen molar-refractivity contribution in [3.05, 3.63) is 41.7 Å². The van der Waals surface area contributed by atoms with Crippen molar-refractivity contribution in [2.75, 3.05) is 23.3 Å². The summed E-state index contributed by atoms with van der Waals surface area (Å²) in [6, 6.07) is 10.4. The molecule has 1 saturated heterocycles. The van der Waals surface area contributed by atoms with Gasteiger partial charge in [-0.05, 0) is 45.2 Å². The summed E-state index contributed by atoms with van der Waals surface area (Å²) in [6.07, 6.45) is 3.84. The van der Waals surface area contributed by atoms with Crippen molar-refractivity contribution in [3.63, 3.8) is 0 Å². The third kappa shape index (κ3) is 3.51. The van der Waals surface area contributed by atoms with Gasteiger partial charge in [-0.25, -0.2) is 9.97 Å². The molecular formula is C17H22N4. The van der Waals surface area contributed by atoms with Gasteiger partial charge in [-0.15, -0.1) is 0 Å². The van der Waals surface area contributed by atoms with Crippen molar-refractivity contribution in [3.8, 4) is 0 Å². The van der Waals surface area contributed by atoms with Gasteiger partial charge < -0.3 is 10.2 Å². The monoisotopic (exact) mass is 282 g/mol. The van der Waals surface area contributed by atoms with Crippen LogP contribution in [0.15, 0.2) is 30.3 Å². The number of anilines is 3. The molecule has 1 aliphatic heterocycles. The summed E-state index contributed by atoms with van der Waals surface area (Å²) in [6.45, 7) is 6.24. The van der Waals surface area contributed by atoms with Crippen LogP contribution in [-0.4, -0.2) is 23.1 Å². The zero-order valence-electron chi connectivity index (χ0n) is 12.8. The number of aromatic nitrogens is 2. The predicted octanol–water partition coefficient (Wildman–Crippen LogP) is 3.83. The van der Waals surface area contributed by atoms with Crippen LogP contribution < -0.4 is 10.2 Å². The first-order valence-corrected chi connectivity index (χ1v) is 7.65. The number of hydrogen-bond donors (Lipinski definition) is 1. The number of benzene rings is 1. The molecule has 0 aliphatic carbocycles. The van der Waals surface area contributed by atoms with E-state index in [0.29, 0.717) is 0 Å². The minimum absolute atomic E-state index is 0.813. The molecule has 0 unspecified atom stereocenters. The second-order valence-electron chi connectivity index (χ2n) is 5.70. The van der Waals surface area contributed by atoms with Gasteiger partial charge in [0, 0.05) is 24.8 Å². The Morgan fingerprint density at radius 1 is 0.952 bits per heavy atom. The van der Waals surface area contributed by atoms with Gasteiger partial charge in [0.05, 0.1) is 0 Å². The molecule has 1 fully saturated rings. The zero-order valence-corrected chi connectivity index (χ0v) is 12.8. The Bertz CT molecular complexity index is 601. The van der Waals surface area contributed by atoms with Crippen molar-refractivity contribution in [1.29, 1.82) is 0 Å². The first-order chi connectivity index (χ1) is 10.2. The number of piperidine rings is 1. The molecule has 0 radical (unpaired) electrons. The zero-order chi connectivity index (χ0) is 14.7. The van der Waals surface area contributed by atoms with Crippen LogP contribution in [0, 0.1) is 13.8 Å². The summed E-state index contributed by atoms with van der Waals surface area (Å²) < 4.78 is 0. The Hall–Kier alpha value is -2.10. The van der Waals surface area contributed by atoms with Crippen molar-refractivity contribution in [2.24, 2.45) is 0 Å². The summed E-state index contributed by atoms with van der Waals surface area (Å²) >= 11 is 0. The van der Waals surface area contributed by atoms with Crippen LogP contribution in [0.4, 0.5) is 17.3 Å². The minimum atomic E-state index is 0.813. The fraction of sp³-hybridized carbons (Fsp3) is 0.412. The van der Waals surface area contributed by atoms with E-state index in [1.807, 2.05) is 6.92 Å². The minimum Gasteiger partial charge on any atom is -0.356 e. The van der Waals surface area contributed by atoms with Crippen LogP contribution in [0.2, 0.25) is 0 Å². The van der Waals surface area contributed by atoms with Gasteiger partial charge in [-0.3, -0.25) is 0 Å². The van der Waals surface area contributed by atoms with Gasteiger partial charge in [0.1, 0.15) is 17.5 Å². The first kappa shape index (κ1) is 13.9. The molecule has 2 aromatic rings. The topological polar surface area (TPSA) is 41.0 Å². The summed E-state index contributed by atoms with van der Waals surface area (Å²) in [5.74, 6) is 2.72. The van der Waals surface area contributed by atoms with E-state index in [9.17, 15) is 0 Å². The van der Waals surface area contributed by atoms with Gasteiger partial charge >= 0.3 is 0 Å². The lowest BCUT2D eigenvalue weighted by molar-refractivity contribution is 0.572. The van der Waals surface area contributed by atoms with E-state index in [-0.39, 0.29) is 0 Å². The maximum absolute atomic E-state index is 4.59. The third-order valence-electron chi connectivity index (χ3n) is 3.83. The largest absolute Gasteiger partial charge is 0.356 e. The number of hydrogen-bond acceptors (Lipinski definition) is 4. The normalized spacial score (nSPS) is 15.0. The van der Waals surface area contributed by atoms with Gasteiger partial charge in [0.25, 0.3) is 0 Å². The second kappa shape index (κ2) is 6.12. The van der Waals surface area contributed by atoms with Crippen LogP contribution in [0.1, 0.15) is 30.7 Å². The highest BCUT2D eigenvalue weighted by Gasteiger charge is 2.13. The van der Waals surface area contributed by atoms with E-state index >= 15 is 0 Å². The molecule has 1 N–H and O–H groups in total. The van der Waals surface area contributed by atoms with Crippen LogP contribution in [0.5, 0.6) is 0 Å². The third-order valence-corrected chi connectivity index (χ3v) is 3.83. The summed E-state index contributed by atoms with van der Waals surface area (Å²) in [4.78, 5) is 11.4. The molecule has 0 atom stereocenters. The van der Waals surface area contributed by atoms with Crippen molar-refractivity contribution in [2.45, 2.75) is 33.1 Å². The fourth-order valence-electron chi connectivity index (χ4n) is 2.69. The van der Waals surface area contributed by atoms with E-state index in [1.54, 1.807) is 0 Å². The Kier molecular flexibility index (Phi) is 4.04. The van der Waals surface area contributed by atoms with E-state index < -0.39 is 0 Å². The van der Waals surface area contributed by atoms with Crippen molar-refractivity contribution < 1.29 is 0 Å². The number of nitrogens with one attached hydrogen (secondary N) is 1. The van der Waals surface area contributed by atoms with Gasteiger partial charge in [0.2, 0.25) is 0 Å². The molecule has 1 aliphatic rings. The molecule has 1 aromatic carbocycles. The molecule has 0 amide bonds. The SMILES string of the molecule is Cc1ccc(Nc2cc(N3CCCCC3)nc(C)n2)cc1. The molecule has 0 spiro atoms. The fourth-order valence-corrected chi connectivity index (χ4v) is 2.69.